The molecule has 0 spiro atoms. The Hall–Kier alpha value is -2.59. The van der Waals surface area contributed by atoms with Crippen LogP contribution in [0.4, 0.5) is 0 Å². The zero-order chi connectivity index (χ0) is 20.6. The molecule has 0 atom stereocenters. The number of rotatable bonds is 9. The van der Waals surface area contributed by atoms with Gasteiger partial charge in [-0.2, -0.15) is 9.89 Å². The van der Waals surface area contributed by atoms with Crippen molar-refractivity contribution >= 4 is 17.5 Å². The molecule has 0 unspecified atom stereocenters. The normalized spacial score (nSPS) is 10.9. The molecule has 3 aromatic rings. The van der Waals surface area contributed by atoms with Gasteiger partial charge >= 0.3 is 0 Å². The first-order valence-corrected chi connectivity index (χ1v) is 10.7. The van der Waals surface area contributed by atoms with Gasteiger partial charge in [-0.05, 0) is 55.5 Å². The fraction of sp³-hybridized carbons (Fsp3) is 0.333. The predicted molar refractivity (Wildman–Crippen MR) is 120 cm³/mol. The molecule has 0 radical (unpaired) electrons. The Morgan fingerprint density at radius 2 is 1.62 bits per heavy atom. The second kappa shape index (κ2) is 10.3. The number of aromatic nitrogens is 2. The highest BCUT2D eigenvalue weighted by atomic mass is 35.5. The third-order valence-electron chi connectivity index (χ3n) is 4.96. The van der Waals surface area contributed by atoms with Gasteiger partial charge in [0, 0.05) is 21.7 Å². The van der Waals surface area contributed by atoms with Gasteiger partial charge < -0.3 is 0 Å². The van der Waals surface area contributed by atoms with Crippen LogP contribution in [0.1, 0.15) is 61.0 Å². The third-order valence-corrected chi connectivity index (χ3v) is 5.21. The van der Waals surface area contributed by atoms with E-state index in [1.807, 2.05) is 54.7 Å². The molecular weight excluding hydrogens is 382 g/mol. The van der Waals surface area contributed by atoms with Gasteiger partial charge in [0.15, 0.2) is 0 Å². The molecule has 0 fully saturated rings. The van der Waals surface area contributed by atoms with Crippen LogP contribution in [0.15, 0.2) is 54.7 Å². The van der Waals surface area contributed by atoms with Gasteiger partial charge in [0.1, 0.15) is 0 Å². The Kier molecular flexibility index (Phi) is 7.48. The lowest BCUT2D eigenvalue weighted by Crippen LogP contribution is -2.23. The second-order valence-electron chi connectivity index (χ2n) is 7.30. The maximum absolute atomic E-state index is 12.7. The van der Waals surface area contributed by atoms with E-state index in [-0.39, 0.29) is 5.91 Å². The van der Waals surface area contributed by atoms with E-state index in [1.54, 1.807) is 0 Å². The largest absolute Gasteiger partial charge is 0.271 e. The molecule has 0 aliphatic carbocycles. The molecule has 0 saturated carbocycles. The minimum atomic E-state index is -0.167. The van der Waals surface area contributed by atoms with E-state index in [4.69, 9.17) is 11.6 Å². The minimum Gasteiger partial charge on any atom is -0.267 e. The van der Waals surface area contributed by atoms with Crippen LogP contribution in [0.25, 0.3) is 11.3 Å². The standard InChI is InChI=1S/C24H28ClN3O/c1-3-5-7-18-9-11-20(12-10-18)24(29)27-28-17-21(8-6-4-2)23(26-28)19-13-15-22(25)16-14-19/h9-17H,3-8H2,1-2H3,(H,27,29). The zero-order valence-corrected chi connectivity index (χ0v) is 17.9. The Bertz CT molecular complexity index is 930. The van der Waals surface area contributed by atoms with Gasteiger partial charge in [-0.25, -0.2) is 5.43 Å². The average Bonchev–Trinajstić information content (AvgIpc) is 3.14. The molecule has 1 aromatic heterocycles. The first-order valence-electron chi connectivity index (χ1n) is 10.4. The number of carbonyl (C=O) groups is 1. The topological polar surface area (TPSA) is 46.9 Å². The average molecular weight is 410 g/mol. The van der Waals surface area contributed by atoms with Crippen LogP contribution in [0, 0.1) is 0 Å². The van der Waals surface area contributed by atoms with Gasteiger partial charge in [0.05, 0.1) is 11.9 Å². The lowest BCUT2D eigenvalue weighted by atomic mass is 10.0. The SMILES string of the molecule is CCCCc1ccc(C(=O)Nn2cc(CCCC)c(-c3ccc(Cl)cc3)n2)cc1. The molecule has 152 valence electrons. The monoisotopic (exact) mass is 409 g/mol. The summed E-state index contributed by atoms with van der Waals surface area (Å²) in [6.45, 7) is 4.34. The summed E-state index contributed by atoms with van der Waals surface area (Å²) in [5.74, 6) is -0.167. The Labute approximate surface area is 177 Å². The summed E-state index contributed by atoms with van der Waals surface area (Å²) in [5.41, 5.74) is 7.76. The van der Waals surface area contributed by atoms with Gasteiger partial charge in [-0.15, -0.1) is 0 Å². The lowest BCUT2D eigenvalue weighted by molar-refractivity contribution is 0.100. The summed E-state index contributed by atoms with van der Waals surface area (Å²) >= 11 is 6.02. The van der Waals surface area contributed by atoms with E-state index in [0.717, 1.165) is 55.3 Å². The molecule has 0 aliphatic heterocycles. The van der Waals surface area contributed by atoms with Crippen molar-refractivity contribution in [3.8, 4) is 11.3 Å². The fourth-order valence-electron chi connectivity index (χ4n) is 3.24. The van der Waals surface area contributed by atoms with Crippen molar-refractivity contribution < 1.29 is 4.79 Å². The van der Waals surface area contributed by atoms with Crippen LogP contribution in [0.2, 0.25) is 5.02 Å². The van der Waals surface area contributed by atoms with Gasteiger partial charge in [-0.1, -0.05) is 62.6 Å². The minimum absolute atomic E-state index is 0.167. The van der Waals surface area contributed by atoms with Crippen molar-refractivity contribution in [2.75, 3.05) is 5.43 Å². The van der Waals surface area contributed by atoms with Gasteiger partial charge in [0.25, 0.3) is 5.91 Å². The smallest absolute Gasteiger partial charge is 0.267 e. The van der Waals surface area contributed by atoms with Crippen LogP contribution in [-0.2, 0) is 12.8 Å². The van der Waals surface area contributed by atoms with Crippen LogP contribution < -0.4 is 5.43 Å². The number of hydrogen-bond donors (Lipinski definition) is 1. The molecule has 1 N–H and O–H groups in total. The fourth-order valence-corrected chi connectivity index (χ4v) is 3.37. The number of nitrogens with one attached hydrogen (secondary N) is 1. The molecule has 1 heterocycles. The molecular formula is C24H28ClN3O. The Balaban J connectivity index is 1.77. The summed E-state index contributed by atoms with van der Waals surface area (Å²) in [6.07, 6.45) is 8.36. The molecule has 0 bridgehead atoms. The molecule has 4 nitrogen and oxygen atoms in total. The van der Waals surface area contributed by atoms with Crippen molar-refractivity contribution in [3.05, 3.63) is 76.4 Å². The van der Waals surface area contributed by atoms with Crippen LogP contribution >= 0.6 is 11.6 Å². The van der Waals surface area contributed by atoms with Crippen molar-refractivity contribution in [2.24, 2.45) is 0 Å². The molecule has 0 aliphatic rings. The highest BCUT2D eigenvalue weighted by molar-refractivity contribution is 6.30. The lowest BCUT2D eigenvalue weighted by Gasteiger charge is -2.06. The number of amides is 1. The van der Waals surface area contributed by atoms with E-state index < -0.39 is 0 Å². The van der Waals surface area contributed by atoms with Crippen LogP contribution in [0.3, 0.4) is 0 Å². The van der Waals surface area contributed by atoms with Gasteiger partial charge in [-0.3, -0.25) is 4.79 Å². The number of unbranched alkanes of at least 4 members (excludes halogenated alkanes) is 2. The van der Waals surface area contributed by atoms with E-state index >= 15 is 0 Å². The van der Waals surface area contributed by atoms with Gasteiger partial charge in [0.2, 0.25) is 0 Å². The predicted octanol–water partition coefficient (Wildman–Crippen LogP) is 6.27. The van der Waals surface area contributed by atoms with Crippen molar-refractivity contribution in [2.45, 2.75) is 52.4 Å². The maximum atomic E-state index is 12.7. The van der Waals surface area contributed by atoms with E-state index in [9.17, 15) is 4.79 Å². The quantitative estimate of drug-likeness (QED) is 0.452. The van der Waals surface area contributed by atoms with E-state index in [0.29, 0.717) is 10.6 Å². The maximum Gasteiger partial charge on any atom is 0.271 e. The molecule has 2 aromatic carbocycles. The third kappa shape index (κ3) is 5.70. The molecule has 1 amide bonds. The van der Waals surface area contributed by atoms with Crippen molar-refractivity contribution in [3.63, 3.8) is 0 Å². The number of benzene rings is 2. The summed E-state index contributed by atoms with van der Waals surface area (Å²) in [5, 5.41) is 5.32. The molecule has 29 heavy (non-hydrogen) atoms. The second-order valence-corrected chi connectivity index (χ2v) is 7.74. The van der Waals surface area contributed by atoms with Crippen LogP contribution in [-0.4, -0.2) is 15.8 Å². The number of halogens is 1. The Morgan fingerprint density at radius 1 is 0.966 bits per heavy atom. The Morgan fingerprint density at radius 3 is 2.28 bits per heavy atom. The first-order chi connectivity index (χ1) is 14.1. The molecule has 0 saturated heterocycles. The van der Waals surface area contributed by atoms with Crippen LogP contribution in [0.5, 0.6) is 0 Å². The zero-order valence-electron chi connectivity index (χ0n) is 17.1. The summed E-state index contributed by atoms with van der Waals surface area (Å²) in [4.78, 5) is 14.2. The van der Waals surface area contributed by atoms with Crippen molar-refractivity contribution in [1.82, 2.24) is 9.89 Å². The number of nitrogens with zero attached hydrogens (tertiary/aromatic N) is 2. The molecule has 5 heteroatoms. The number of aryl methyl sites for hydroxylation is 2. The summed E-state index contributed by atoms with van der Waals surface area (Å²) < 4.78 is 0. The van der Waals surface area contributed by atoms with E-state index in [1.165, 1.54) is 10.4 Å². The number of hydrogen-bond acceptors (Lipinski definition) is 2. The molecule has 3 rings (SSSR count). The first kappa shape index (κ1) is 21.1. The van der Waals surface area contributed by atoms with Crippen molar-refractivity contribution in [1.29, 1.82) is 0 Å². The highest BCUT2D eigenvalue weighted by Gasteiger charge is 2.13. The van der Waals surface area contributed by atoms with E-state index in [2.05, 4.69) is 24.4 Å². The summed E-state index contributed by atoms with van der Waals surface area (Å²) in [7, 11) is 0. The number of carbonyl (C=O) groups excluding carboxylic acids is 1. The summed E-state index contributed by atoms with van der Waals surface area (Å²) in [6, 6.07) is 15.4. The highest BCUT2D eigenvalue weighted by Crippen LogP contribution is 2.25.